The Hall–Kier alpha value is -1.10. The molecule has 2 atom stereocenters. The third kappa shape index (κ3) is 3.20. The van der Waals surface area contributed by atoms with Gasteiger partial charge < -0.3 is 10.4 Å². The highest BCUT2D eigenvalue weighted by atomic mass is 79.9. The van der Waals surface area contributed by atoms with Gasteiger partial charge in [-0.3, -0.25) is 4.98 Å². The van der Waals surface area contributed by atoms with Gasteiger partial charge in [0.05, 0.1) is 10.2 Å². The summed E-state index contributed by atoms with van der Waals surface area (Å²) in [4.78, 5) is 15.0. The SMILES string of the molecule is CC[C@H](C)[C@H](Nc1ccncc1Br)C(=O)O. The number of anilines is 1. The molecule has 1 aromatic heterocycles. The largest absolute Gasteiger partial charge is 0.480 e. The van der Waals surface area contributed by atoms with Crippen LogP contribution in [-0.2, 0) is 4.79 Å². The van der Waals surface area contributed by atoms with E-state index in [4.69, 9.17) is 5.11 Å². The number of aromatic nitrogens is 1. The minimum atomic E-state index is -0.835. The van der Waals surface area contributed by atoms with Crippen LogP contribution < -0.4 is 5.32 Å². The van der Waals surface area contributed by atoms with Gasteiger partial charge in [0.2, 0.25) is 0 Å². The standard InChI is InChI=1S/C11H15BrN2O2/c1-3-7(2)10(11(15)16)14-9-4-5-13-6-8(9)12/h4-7,10H,3H2,1-2H3,(H,13,14)(H,15,16)/t7-,10-/m0/s1. The summed E-state index contributed by atoms with van der Waals surface area (Å²) in [5.74, 6) is -0.768. The summed E-state index contributed by atoms with van der Waals surface area (Å²) < 4.78 is 0.768. The molecule has 1 rings (SSSR count). The van der Waals surface area contributed by atoms with E-state index in [2.05, 4.69) is 26.2 Å². The Morgan fingerprint density at radius 3 is 2.88 bits per heavy atom. The first-order chi connectivity index (χ1) is 7.56. The predicted molar refractivity (Wildman–Crippen MR) is 66.4 cm³/mol. The maximum atomic E-state index is 11.1. The number of carboxylic acid groups (broad SMARTS) is 1. The average molecular weight is 287 g/mol. The number of nitrogens with zero attached hydrogens (tertiary/aromatic N) is 1. The Labute approximate surface area is 103 Å². The number of carbonyl (C=O) groups is 1. The van der Waals surface area contributed by atoms with Gasteiger partial charge in [0.15, 0.2) is 0 Å². The van der Waals surface area contributed by atoms with E-state index < -0.39 is 12.0 Å². The summed E-state index contributed by atoms with van der Waals surface area (Å²) in [6.07, 6.45) is 4.08. The quantitative estimate of drug-likeness (QED) is 0.874. The molecule has 0 bridgehead atoms. The van der Waals surface area contributed by atoms with E-state index >= 15 is 0 Å². The zero-order chi connectivity index (χ0) is 12.1. The minimum Gasteiger partial charge on any atom is -0.480 e. The molecule has 2 N–H and O–H groups in total. The van der Waals surface area contributed by atoms with Crippen LogP contribution >= 0.6 is 15.9 Å². The molecule has 0 unspecified atom stereocenters. The molecule has 0 aliphatic heterocycles. The van der Waals surface area contributed by atoms with Gasteiger partial charge >= 0.3 is 5.97 Å². The molecule has 0 radical (unpaired) electrons. The Kier molecular flexibility index (Phi) is 4.73. The zero-order valence-corrected chi connectivity index (χ0v) is 10.9. The highest BCUT2D eigenvalue weighted by Gasteiger charge is 2.23. The van der Waals surface area contributed by atoms with Crippen LogP contribution in [0.2, 0.25) is 0 Å². The lowest BCUT2D eigenvalue weighted by molar-refractivity contribution is -0.139. The van der Waals surface area contributed by atoms with Gasteiger partial charge in [-0.15, -0.1) is 0 Å². The molecule has 88 valence electrons. The molecule has 0 aliphatic carbocycles. The number of hydrogen-bond acceptors (Lipinski definition) is 3. The van der Waals surface area contributed by atoms with Crippen molar-refractivity contribution in [3.05, 3.63) is 22.9 Å². The van der Waals surface area contributed by atoms with Gasteiger partial charge in [-0.25, -0.2) is 4.79 Å². The molecule has 1 aromatic rings. The van der Waals surface area contributed by atoms with Crippen LogP contribution in [0.4, 0.5) is 5.69 Å². The number of nitrogens with one attached hydrogen (secondary N) is 1. The van der Waals surface area contributed by atoms with E-state index in [1.165, 1.54) is 0 Å². The van der Waals surface area contributed by atoms with Gasteiger partial charge in [0, 0.05) is 12.4 Å². The van der Waals surface area contributed by atoms with Gasteiger partial charge in [-0.1, -0.05) is 20.3 Å². The number of hydrogen-bond donors (Lipinski definition) is 2. The van der Waals surface area contributed by atoms with Crippen LogP contribution in [0.15, 0.2) is 22.9 Å². The van der Waals surface area contributed by atoms with E-state index in [0.29, 0.717) is 0 Å². The fourth-order valence-electron chi connectivity index (χ4n) is 1.34. The van der Waals surface area contributed by atoms with E-state index in [1.807, 2.05) is 13.8 Å². The number of aliphatic carboxylic acids is 1. The van der Waals surface area contributed by atoms with Crippen LogP contribution in [-0.4, -0.2) is 22.1 Å². The van der Waals surface area contributed by atoms with Crippen molar-refractivity contribution in [1.82, 2.24) is 4.98 Å². The second kappa shape index (κ2) is 5.84. The summed E-state index contributed by atoms with van der Waals surface area (Å²) in [7, 11) is 0. The van der Waals surface area contributed by atoms with Crippen molar-refractivity contribution in [2.45, 2.75) is 26.3 Å². The lowest BCUT2D eigenvalue weighted by atomic mass is 9.99. The molecule has 16 heavy (non-hydrogen) atoms. The first-order valence-electron chi connectivity index (χ1n) is 5.15. The average Bonchev–Trinajstić information content (AvgIpc) is 2.26. The summed E-state index contributed by atoms with van der Waals surface area (Å²) in [5.41, 5.74) is 0.753. The first-order valence-corrected chi connectivity index (χ1v) is 5.94. The molecule has 0 amide bonds. The fraction of sp³-hybridized carbons (Fsp3) is 0.455. The monoisotopic (exact) mass is 286 g/mol. The summed E-state index contributed by atoms with van der Waals surface area (Å²) >= 11 is 3.33. The summed E-state index contributed by atoms with van der Waals surface area (Å²) in [6.45, 7) is 3.89. The Balaban J connectivity index is 2.84. The van der Waals surface area contributed by atoms with Crippen LogP contribution in [0, 0.1) is 5.92 Å². The molecule has 0 aromatic carbocycles. The smallest absolute Gasteiger partial charge is 0.326 e. The highest BCUT2D eigenvalue weighted by molar-refractivity contribution is 9.10. The first kappa shape index (κ1) is 13.0. The van der Waals surface area contributed by atoms with Crippen LogP contribution in [0.25, 0.3) is 0 Å². The molecule has 0 spiro atoms. The van der Waals surface area contributed by atoms with Crippen molar-refractivity contribution in [2.24, 2.45) is 5.92 Å². The van der Waals surface area contributed by atoms with E-state index in [0.717, 1.165) is 16.6 Å². The number of pyridine rings is 1. The van der Waals surface area contributed by atoms with Crippen molar-refractivity contribution in [2.75, 3.05) is 5.32 Å². The summed E-state index contributed by atoms with van der Waals surface area (Å²) in [6, 6.07) is 1.17. The maximum absolute atomic E-state index is 11.1. The second-order valence-electron chi connectivity index (χ2n) is 3.70. The highest BCUT2D eigenvalue weighted by Crippen LogP contribution is 2.23. The topological polar surface area (TPSA) is 62.2 Å². The minimum absolute atomic E-state index is 0.0672. The second-order valence-corrected chi connectivity index (χ2v) is 4.56. The van der Waals surface area contributed by atoms with Crippen molar-refractivity contribution < 1.29 is 9.90 Å². The van der Waals surface area contributed by atoms with Gasteiger partial charge in [0.25, 0.3) is 0 Å². The molecule has 4 nitrogen and oxygen atoms in total. The molecule has 0 aliphatic rings. The molecule has 0 saturated heterocycles. The molecular weight excluding hydrogens is 272 g/mol. The maximum Gasteiger partial charge on any atom is 0.326 e. The van der Waals surface area contributed by atoms with Crippen molar-refractivity contribution in [3.63, 3.8) is 0 Å². The predicted octanol–water partition coefficient (Wildman–Crippen LogP) is 2.76. The Bertz CT molecular complexity index is 371. The van der Waals surface area contributed by atoms with Crippen LogP contribution in [0.5, 0.6) is 0 Å². The molecule has 0 saturated carbocycles. The normalized spacial score (nSPS) is 14.2. The van der Waals surface area contributed by atoms with Crippen molar-refractivity contribution in [1.29, 1.82) is 0 Å². The molecule has 1 heterocycles. The van der Waals surface area contributed by atoms with E-state index in [1.54, 1.807) is 18.5 Å². The third-order valence-electron chi connectivity index (χ3n) is 2.56. The molecule has 5 heteroatoms. The van der Waals surface area contributed by atoms with Crippen LogP contribution in [0.1, 0.15) is 20.3 Å². The van der Waals surface area contributed by atoms with Crippen molar-refractivity contribution >= 4 is 27.6 Å². The fourth-order valence-corrected chi connectivity index (χ4v) is 1.71. The van der Waals surface area contributed by atoms with Crippen molar-refractivity contribution in [3.8, 4) is 0 Å². The van der Waals surface area contributed by atoms with Gasteiger partial charge in [0.1, 0.15) is 6.04 Å². The Morgan fingerprint density at radius 2 is 2.38 bits per heavy atom. The van der Waals surface area contributed by atoms with Gasteiger partial charge in [-0.2, -0.15) is 0 Å². The number of carboxylic acids is 1. The number of rotatable bonds is 5. The Morgan fingerprint density at radius 1 is 1.69 bits per heavy atom. The summed E-state index contributed by atoms with van der Waals surface area (Å²) in [5, 5.41) is 12.1. The van der Waals surface area contributed by atoms with Gasteiger partial charge in [-0.05, 0) is 27.9 Å². The lowest BCUT2D eigenvalue weighted by Gasteiger charge is -2.21. The third-order valence-corrected chi connectivity index (χ3v) is 3.19. The number of halogens is 1. The van der Waals surface area contributed by atoms with E-state index in [9.17, 15) is 4.79 Å². The lowest BCUT2D eigenvalue weighted by Crippen LogP contribution is -2.35. The van der Waals surface area contributed by atoms with E-state index in [-0.39, 0.29) is 5.92 Å². The zero-order valence-electron chi connectivity index (χ0n) is 9.27. The molecule has 0 fully saturated rings. The molecular formula is C11H15BrN2O2. The van der Waals surface area contributed by atoms with Crippen LogP contribution in [0.3, 0.4) is 0 Å².